The summed E-state index contributed by atoms with van der Waals surface area (Å²) in [5, 5.41) is 4.38. The lowest BCUT2D eigenvalue weighted by Gasteiger charge is -2.14. The number of aromatic nitrogens is 1. The summed E-state index contributed by atoms with van der Waals surface area (Å²) in [5.74, 6) is 0. The van der Waals surface area contributed by atoms with Gasteiger partial charge >= 0.3 is 0 Å². The fourth-order valence-electron chi connectivity index (χ4n) is 3.38. The van der Waals surface area contributed by atoms with Crippen molar-refractivity contribution in [2.75, 3.05) is 11.3 Å². The van der Waals surface area contributed by atoms with E-state index < -0.39 is 10.0 Å². The van der Waals surface area contributed by atoms with Crippen molar-refractivity contribution < 1.29 is 8.42 Å². The molecule has 0 atom stereocenters. The number of fused-ring (bicyclic) bond motifs is 3. The molecule has 0 fully saturated rings. The highest BCUT2D eigenvalue weighted by Gasteiger charge is 2.21. The van der Waals surface area contributed by atoms with E-state index in [4.69, 9.17) is 0 Å². The Kier molecular flexibility index (Phi) is 3.58. The number of hydrogen-bond donors (Lipinski definition) is 2. The number of nitrogens with one attached hydrogen (secondary N) is 2. The quantitative estimate of drug-likeness (QED) is 0.770. The molecule has 4 rings (SSSR count). The Morgan fingerprint density at radius 3 is 2.71 bits per heavy atom. The van der Waals surface area contributed by atoms with E-state index >= 15 is 0 Å². The van der Waals surface area contributed by atoms with Crippen LogP contribution in [0.25, 0.3) is 10.9 Å². The number of hydrogen-bond acceptors (Lipinski definition) is 3. The minimum Gasteiger partial charge on any atom is -0.347 e. The molecule has 0 spiro atoms. The second-order valence-corrected chi connectivity index (χ2v) is 7.74. The molecule has 3 aromatic rings. The number of anilines is 1. The van der Waals surface area contributed by atoms with Crippen molar-refractivity contribution in [3.8, 4) is 0 Å². The lowest BCUT2D eigenvalue weighted by Crippen LogP contribution is -2.24. The topological polar surface area (TPSA) is 63.1 Å². The molecule has 2 heterocycles. The van der Waals surface area contributed by atoms with Crippen LogP contribution in [-0.4, -0.2) is 19.5 Å². The molecule has 1 aromatic heterocycles. The lowest BCUT2D eigenvalue weighted by atomic mass is 10.1. The Balaban J connectivity index is 1.80. The maximum absolute atomic E-state index is 12.7. The number of aryl methyl sites for hydroxylation is 1. The van der Waals surface area contributed by atoms with E-state index in [-0.39, 0.29) is 4.90 Å². The summed E-state index contributed by atoms with van der Waals surface area (Å²) in [6.07, 6.45) is 0.963. The van der Waals surface area contributed by atoms with Gasteiger partial charge in [0.15, 0.2) is 0 Å². The monoisotopic (exact) mass is 341 g/mol. The van der Waals surface area contributed by atoms with Gasteiger partial charge in [0, 0.05) is 48.8 Å². The van der Waals surface area contributed by atoms with E-state index in [0.29, 0.717) is 5.69 Å². The van der Waals surface area contributed by atoms with E-state index in [9.17, 15) is 8.42 Å². The van der Waals surface area contributed by atoms with Gasteiger partial charge in [-0.15, -0.1) is 0 Å². The third-order valence-corrected chi connectivity index (χ3v) is 5.96. The smallest absolute Gasteiger partial charge is 0.261 e. The van der Waals surface area contributed by atoms with Gasteiger partial charge in [-0.2, -0.15) is 0 Å². The fraction of sp³-hybridized carbons (Fsp3) is 0.222. The summed E-state index contributed by atoms with van der Waals surface area (Å²) in [6, 6.07) is 14.3. The Bertz CT molecular complexity index is 1010. The molecule has 0 aliphatic carbocycles. The molecule has 0 saturated heterocycles. The van der Waals surface area contributed by atoms with Crippen molar-refractivity contribution in [1.82, 2.24) is 9.88 Å². The maximum Gasteiger partial charge on any atom is 0.261 e. The number of rotatable bonds is 3. The van der Waals surface area contributed by atoms with Crippen molar-refractivity contribution >= 4 is 26.6 Å². The first-order valence-corrected chi connectivity index (χ1v) is 9.43. The van der Waals surface area contributed by atoms with Gasteiger partial charge < -0.3 is 9.88 Å². The van der Waals surface area contributed by atoms with Gasteiger partial charge in [-0.3, -0.25) is 4.72 Å². The van der Waals surface area contributed by atoms with Crippen LogP contribution in [-0.2, 0) is 30.0 Å². The van der Waals surface area contributed by atoms with E-state index in [1.54, 1.807) is 36.4 Å². The largest absolute Gasteiger partial charge is 0.347 e. The normalized spacial score (nSPS) is 14.5. The van der Waals surface area contributed by atoms with Crippen LogP contribution in [0.2, 0.25) is 0 Å². The highest BCUT2D eigenvalue weighted by molar-refractivity contribution is 7.92. The zero-order valence-corrected chi connectivity index (χ0v) is 14.2. The summed E-state index contributed by atoms with van der Waals surface area (Å²) < 4.78 is 30.2. The minimum absolute atomic E-state index is 0.290. The van der Waals surface area contributed by atoms with E-state index in [1.807, 2.05) is 19.2 Å². The average Bonchev–Trinajstić information content (AvgIpc) is 2.88. The van der Waals surface area contributed by atoms with Crippen LogP contribution in [0.15, 0.2) is 53.4 Å². The first kappa shape index (κ1) is 15.2. The summed E-state index contributed by atoms with van der Waals surface area (Å²) in [6.45, 7) is 1.74. The van der Waals surface area contributed by atoms with E-state index in [1.165, 1.54) is 11.3 Å². The first-order chi connectivity index (χ1) is 11.6. The van der Waals surface area contributed by atoms with Gasteiger partial charge in [-0.05, 0) is 35.9 Å². The van der Waals surface area contributed by atoms with Gasteiger partial charge in [-0.1, -0.05) is 18.2 Å². The zero-order chi connectivity index (χ0) is 16.7. The van der Waals surface area contributed by atoms with Crippen LogP contribution in [0.3, 0.4) is 0 Å². The van der Waals surface area contributed by atoms with Gasteiger partial charge in [0.05, 0.1) is 4.90 Å². The molecule has 0 bridgehead atoms. The molecule has 1 aliphatic heterocycles. The summed E-state index contributed by atoms with van der Waals surface area (Å²) in [4.78, 5) is 0.290. The van der Waals surface area contributed by atoms with Gasteiger partial charge in [-0.25, -0.2) is 8.42 Å². The molecule has 24 heavy (non-hydrogen) atoms. The molecule has 0 unspecified atom stereocenters. The Morgan fingerprint density at radius 1 is 1.12 bits per heavy atom. The SMILES string of the molecule is Cn1c2c(c3cc(S(=O)(=O)Nc4ccccc4)ccc31)CNCC2. The summed E-state index contributed by atoms with van der Waals surface area (Å²) in [5.41, 5.74) is 4.13. The number of para-hydroxylation sites is 1. The van der Waals surface area contributed by atoms with Crippen LogP contribution in [0.1, 0.15) is 11.3 Å². The molecule has 2 aromatic carbocycles. The fourth-order valence-corrected chi connectivity index (χ4v) is 4.46. The number of nitrogens with zero attached hydrogens (tertiary/aromatic N) is 1. The molecule has 1 aliphatic rings. The third kappa shape index (κ3) is 2.48. The zero-order valence-electron chi connectivity index (χ0n) is 13.4. The average molecular weight is 341 g/mol. The first-order valence-electron chi connectivity index (χ1n) is 7.95. The lowest BCUT2D eigenvalue weighted by molar-refractivity contribution is 0.601. The van der Waals surface area contributed by atoms with Crippen LogP contribution >= 0.6 is 0 Å². The molecule has 0 radical (unpaired) electrons. The molecule has 0 saturated carbocycles. The van der Waals surface area contributed by atoms with Crippen molar-refractivity contribution in [2.24, 2.45) is 7.05 Å². The Morgan fingerprint density at radius 2 is 1.92 bits per heavy atom. The van der Waals surface area contributed by atoms with Crippen molar-refractivity contribution in [1.29, 1.82) is 0 Å². The van der Waals surface area contributed by atoms with Gasteiger partial charge in [0.2, 0.25) is 0 Å². The molecule has 2 N–H and O–H groups in total. The Labute approximate surface area is 141 Å². The van der Waals surface area contributed by atoms with Gasteiger partial charge in [0.1, 0.15) is 0 Å². The van der Waals surface area contributed by atoms with Crippen molar-refractivity contribution in [2.45, 2.75) is 17.9 Å². The molecule has 5 nitrogen and oxygen atoms in total. The van der Waals surface area contributed by atoms with Crippen molar-refractivity contribution in [3.05, 3.63) is 59.8 Å². The summed E-state index contributed by atoms with van der Waals surface area (Å²) in [7, 11) is -1.56. The molecular formula is C18H19N3O2S. The van der Waals surface area contributed by atoms with E-state index in [0.717, 1.165) is 30.4 Å². The minimum atomic E-state index is -3.60. The predicted octanol–water partition coefficient (Wildman–Crippen LogP) is 2.62. The highest BCUT2D eigenvalue weighted by atomic mass is 32.2. The molecule has 0 amide bonds. The maximum atomic E-state index is 12.7. The van der Waals surface area contributed by atoms with Gasteiger partial charge in [0.25, 0.3) is 10.0 Å². The number of sulfonamides is 1. The second kappa shape index (κ2) is 5.65. The molecule has 124 valence electrons. The molecule has 6 heteroatoms. The molecular weight excluding hydrogens is 322 g/mol. The summed E-state index contributed by atoms with van der Waals surface area (Å²) >= 11 is 0. The van der Waals surface area contributed by atoms with Crippen LogP contribution < -0.4 is 10.0 Å². The number of benzene rings is 2. The van der Waals surface area contributed by atoms with Crippen LogP contribution in [0, 0.1) is 0 Å². The second-order valence-electron chi connectivity index (χ2n) is 6.06. The van der Waals surface area contributed by atoms with Crippen LogP contribution in [0.5, 0.6) is 0 Å². The highest BCUT2D eigenvalue weighted by Crippen LogP contribution is 2.30. The standard InChI is InChI=1S/C18H19N3O2S/c1-21-17-8-7-14(11-15(17)16-12-19-10-9-18(16)21)24(22,23)20-13-5-3-2-4-6-13/h2-8,11,19-20H,9-10,12H2,1H3. The Hall–Kier alpha value is -2.31. The predicted molar refractivity (Wildman–Crippen MR) is 95.6 cm³/mol. The van der Waals surface area contributed by atoms with E-state index in [2.05, 4.69) is 14.6 Å². The van der Waals surface area contributed by atoms with Crippen LogP contribution in [0.4, 0.5) is 5.69 Å². The van der Waals surface area contributed by atoms with Crippen molar-refractivity contribution in [3.63, 3.8) is 0 Å². The third-order valence-electron chi connectivity index (χ3n) is 4.58.